The summed E-state index contributed by atoms with van der Waals surface area (Å²) in [5.41, 5.74) is 5.17. The van der Waals surface area contributed by atoms with Gasteiger partial charge in [-0.3, -0.25) is 0 Å². The maximum absolute atomic E-state index is 13.3. The topological polar surface area (TPSA) is 39.2 Å². The average molecular weight is 171 g/mol. The summed E-state index contributed by atoms with van der Waals surface area (Å²) in [6.07, 6.45) is 0.645. The third kappa shape index (κ3) is 2.66. The van der Waals surface area contributed by atoms with Crippen LogP contribution in [-0.4, -0.2) is 5.54 Å². The Hall–Kier alpha value is -0.830. The van der Waals surface area contributed by atoms with Crippen molar-refractivity contribution in [1.29, 1.82) is 0 Å². The van der Waals surface area contributed by atoms with Crippen LogP contribution in [0.15, 0.2) is 22.8 Å². The molecule has 0 spiro atoms. The Bertz CT molecular complexity index is 225. The van der Waals surface area contributed by atoms with Crippen LogP contribution in [0.3, 0.4) is 0 Å². The minimum Gasteiger partial charge on any atom is -0.466 e. The lowest BCUT2D eigenvalue weighted by Crippen LogP contribution is -2.33. The van der Waals surface area contributed by atoms with Gasteiger partial charge >= 0.3 is 0 Å². The maximum Gasteiger partial charge on any atom is 0.159 e. The summed E-state index contributed by atoms with van der Waals surface area (Å²) in [5.74, 6) is 0.355. The molecule has 0 saturated carbocycles. The molecule has 1 atom stereocenters. The third-order valence-electron chi connectivity index (χ3n) is 1.56. The van der Waals surface area contributed by atoms with Crippen LogP contribution >= 0.6 is 0 Å². The predicted molar refractivity (Wildman–Crippen MR) is 45.4 cm³/mol. The zero-order chi connectivity index (χ0) is 9.19. The molecule has 0 aliphatic carbocycles. The normalized spacial score (nSPS) is 14.7. The van der Waals surface area contributed by atoms with E-state index < -0.39 is 11.7 Å². The highest BCUT2D eigenvalue weighted by Crippen LogP contribution is 2.25. The lowest BCUT2D eigenvalue weighted by atomic mass is 9.98. The van der Waals surface area contributed by atoms with E-state index in [0.717, 1.165) is 0 Å². The van der Waals surface area contributed by atoms with Gasteiger partial charge in [-0.15, -0.1) is 0 Å². The molecule has 0 bridgehead atoms. The van der Waals surface area contributed by atoms with Crippen molar-refractivity contribution in [2.45, 2.75) is 32.0 Å². The fourth-order valence-electron chi connectivity index (χ4n) is 1.03. The van der Waals surface area contributed by atoms with Crippen LogP contribution in [-0.2, 0) is 0 Å². The van der Waals surface area contributed by atoms with E-state index in [4.69, 9.17) is 10.2 Å². The zero-order valence-corrected chi connectivity index (χ0v) is 7.38. The van der Waals surface area contributed by atoms with E-state index in [1.54, 1.807) is 26.0 Å². The lowest BCUT2D eigenvalue weighted by Gasteiger charge is -2.19. The second-order valence-electron chi connectivity index (χ2n) is 3.68. The molecule has 0 fully saturated rings. The highest BCUT2D eigenvalue weighted by Gasteiger charge is 2.21. The van der Waals surface area contributed by atoms with Gasteiger partial charge in [-0.25, -0.2) is 4.39 Å². The summed E-state index contributed by atoms with van der Waals surface area (Å²) in [6.45, 7) is 3.59. The van der Waals surface area contributed by atoms with Crippen LogP contribution < -0.4 is 5.73 Å². The molecular weight excluding hydrogens is 157 g/mol. The minimum atomic E-state index is -1.10. The Labute approximate surface area is 71.6 Å². The molecule has 68 valence electrons. The van der Waals surface area contributed by atoms with E-state index in [-0.39, 0.29) is 6.42 Å². The van der Waals surface area contributed by atoms with Crippen LogP contribution in [0.4, 0.5) is 4.39 Å². The number of hydrogen-bond acceptors (Lipinski definition) is 2. The molecule has 1 aromatic rings. The van der Waals surface area contributed by atoms with E-state index >= 15 is 0 Å². The first kappa shape index (κ1) is 9.26. The SMILES string of the molecule is CC(C)(N)CC(F)c1ccco1. The van der Waals surface area contributed by atoms with Crippen molar-refractivity contribution < 1.29 is 8.81 Å². The monoisotopic (exact) mass is 171 g/mol. The van der Waals surface area contributed by atoms with Gasteiger partial charge in [-0.2, -0.15) is 0 Å². The highest BCUT2D eigenvalue weighted by molar-refractivity contribution is 5.03. The first-order valence-corrected chi connectivity index (χ1v) is 3.95. The van der Waals surface area contributed by atoms with E-state index in [2.05, 4.69) is 0 Å². The molecule has 2 N–H and O–H groups in total. The van der Waals surface area contributed by atoms with Crippen molar-refractivity contribution >= 4 is 0 Å². The molecule has 1 rings (SSSR count). The molecule has 0 aliphatic rings. The number of rotatable bonds is 3. The van der Waals surface area contributed by atoms with Crippen LogP contribution in [0.1, 0.15) is 32.2 Å². The van der Waals surface area contributed by atoms with Crippen molar-refractivity contribution in [2.75, 3.05) is 0 Å². The number of nitrogens with two attached hydrogens (primary N) is 1. The average Bonchev–Trinajstić information content (AvgIpc) is 2.32. The standard InChI is InChI=1S/C9H14FNO/c1-9(2,11)6-7(10)8-4-3-5-12-8/h3-5,7H,6,11H2,1-2H3. The van der Waals surface area contributed by atoms with Gasteiger partial charge in [0.05, 0.1) is 6.26 Å². The largest absolute Gasteiger partial charge is 0.466 e. The molecule has 0 radical (unpaired) electrons. The van der Waals surface area contributed by atoms with Crippen LogP contribution in [0, 0.1) is 0 Å². The molecule has 0 amide bonds. The van der Waals surface area contributed by atoms with Crippen LogP contribution in [0.25, 0.3) is 0 Å². The molecule has 0 aliphatic heterocycles. The molecule has 1 unspecified atom stereocenters. The van der Waals surface area contributed by atoms with E-state index in [1.807, 2.05) is 0 Å². The van der Waals surface area contributed by atoms with Gasteiger partial charge in [-0.05, 0) is 26.0 Å². The summed E-state index contributed by atoms with van der Waals surface area (Å²) in [7, 11) is 0. The molecule has 0 saturated heterocycles. The lowest BCUT2D eigenvalue weighted by molar-refractivity contribution is 0.230. The summed E-state index contributed by atoms with van der Waals surface area (Å²) in [5, 5.41) is 0. The molecule has 1 aromatic heterocycles. The van der Waals surface area contributed by atoms with Gasteiger partial charge in [0.1, 0.15) is 5.76 Å². The Morgan fingerprint density at radius 2 is 2.33 bits per heavy atom. The van der Waals surface area contributed by atoms with Crippen LogP contribution in [0.5, 0.6) is 0 Å². The first-order chi connectivity index (χ1) is 5.49. The second kappa shape index (κ2) is 3.27. The first-order valence-electron chi connectivity index (χ1n) is 3.95. The Kier molecular flexibility index (Phi) is 2.52. The van der Waals surface area contributed by atoms with Gasteiger partial charge in [0, 0.05) is 12.0 Å². The van der Waals surface area contributed by atoms with Gasteiger partial charge in [0.2, 0.25) is 0 Å². The smallest absolute Gasteiger partial charge is 0.159 e. The maximum atomic E-state index is 13.3. The number of halogens is 1. The van der Waals surface area contributed by atoms with Crippen molar-refractivity contribution in [3.63, 3.8) is 0 Å². The minimum absolute atomic E-state index is 0.278. The second-order valence-corrected chi connectivity index (χ2v) is 3.68. The quantitative estimate of drug-likeness (QED) is 0.758. The summed E-state index contributed by atoms with van der Waals surface area (Å²) in [4.78, 5) is 0. The number of hydrogen-bond donors (Lipinski definition) is 1. The molecule has 2 nitrogen and oxygen atoms in total. The molecular formula is C9H14FNO. The van der Waals surface area contributed by atoms with Crippen molar-refractivity contribution in [2.24, 2.45) is 5.73 Å². The zero-order valence-electron chi connectivity index (χ0n) is 7.38. The number of furan rings is 1. The van der Waals surface area contributed by atoms with Gasteiger partial charge in [-0.1, -0.05) is 0 Å². The Balaban J connectivity index is 2.56. The summed E-state index contributed by atoms with van der Waals surface area (Å²) in [6, 6.07) is 3.29. The molecule has 3 heteroatoms. The van der Waals surface area contributed by atoms with Crippen molar-refractivity contribution in [3.8, 4) is 0 Å². The fraction of sp³-hybridized carbons (Fsp3) is 0.556. The summed E-state index contributed by atoms with van der Waals surface area (Å²) >= 11 is 0. The molecule has 1 heterocycles. The fourth-order valence-corrected chi connectivity index (χ4v) is 1.03. The predicted octanol–water partition coefficient (Wildman–Crippen LogP) is 2.42. The van der Waals surface area contributed by atoms with Gasteiger partial charge in [0.25, 0.3) is 0 Å². The van der Waals surface area contributed by atoms with Gasteiger partial charge in [0.15, 0.2) is 6.17 Å². The van der Waals surface area contributed by atoms with Gasteiger partial charge < -0.3 is 10.2 Å². The molecule has 0 aromatic carbocycles. The Morgan fingerprint density at radius 3 is 2.75 bits per heavy atom. The van der Waals surface area contributed by atoms with E-state index in [1.165, 1.54) is 6.26 Å². The van der Waals surface area contributed by atoms with Crippen molar-refractivity contribution in [3.05, 3.63) is 24.2 Å². The molecule has 12 heavy (non-hydrogen) atoms. The van der Waals surface area contributed by atoms with Crippen molar-refractivity contribution in [1.82, 2.24) is 0 Å². The third-order valence-corrected chi connectivity index (χ3v) is 1.56. The Morgan fingerprint density at radius 1 is 1.67 bits per heavy atom. The summed E-state index contributed by atoms with van der Waals surface area (Å²) < 4.78 is 18.2. The van der Waals surface area contributed by atoms with E-state index in [9.17, 15) is 4.39 Å². The number of alkyl halides is 1. The van der Waals surface area contributed by atoms with E-state index in [0.29, 0.717) is 5.76 Å². The van der Waals surface area contributed by atoms with Crippen LogP contribution in [0.2, 0.25) is 0 Å². The highest BCUT2D eigenvalue weighted by atomic mass is 19.1.